The van der Waals surface area contributed by atoms with Crippen LogP contribution in [0.5, 0.6) is 0 Å². The van der Waals surface area contributed by atoms with Crippen molar-refractivity contribution in [1.82, 2.24) is 5.32 Å². The molecule has 0 fully saturated rings. The van der Waals surface area contributed by atoms with Gasteiger partial charge >= 0.3 is 0 Å². The topological polar surface area (TPSA) is 29.1 Å². The monoisotopic (exact) mass is 375 g/mol. The molecular weight excluding hydrogens is 350 g/mol. The molecule has 3 heteroatoms. The Hall–Kier alpha value is -2.52. The molecule has 0 spiro atoms. The maximum atomic E-state index is 12.8. The van der Waals surface area contributed by atoms with Crippen LogP contribution in [0.15, 0.2) is 89.8 Å². The first-order valence-corrected chi connectivity index (χ1v) is 10.3. The number of benzene rings is 3. The molecular formula is C24H25NOS. The maximum Gasteiger partial charge on any atom is 0.252 e. The van der Waals surface area contributed by atoms with Crippen molar-refractivity contribution in [3.05, 3.63) is 102 Å². The van der Waals surface area contributed by atoms with Gasteiger partial charge in [-0.2, -0.15) is 0 Å². The highest BCUT2D eigenvalue weighted by Crippen LogP contribution is 2.26. The third kappa shape index (κ3) is 6.00. The van der Waals surface area contributed by atoms with Crippen LogP contribution in [-0.4, -0.2) is 11.9 Å². The van der Waals surface area contributed by atoms with E-state index in [9.17, 15) is 4.79 Å². The number of rotatable bonds is 8. The van der Waals surface area contributed by atoms with Gasteiger partial charge in [0.05, 0.1) is 5.56 Å². The third-order valence-electron chi connectivity index (χ3n) is 4.46. The molecule has 0 aromatic heterocycles. The molecule has 0 unspecified atom stereocenters. The van der Waals surface area contributed by atoms with Crippen LogP contribution in [0.25, 0.3) is 0 Å². The van der Waals surface area contributed by atoms with Crippen LogP contribution in [-0.2, 0) is 12.2 Å². The summed E-state index contributed by atoms with van der Waals surface area (Å²) >= 11 is 1.70. The van der Waals surface area contributed by atoms with Crippen molar-refractivity contribution in [3.8, 4) is 0 Å². The van der Waals surface area contributed by atoms with E-state index in [1.807, 2.05) is 48.5 Å². The summed E-state index contributed by atoms with van der Waals surface area (Å²) in [5.74, 6) is 0.862. The SMILES string of the molecule is C[C@H](CCc1ccccc1)NC(=O)c1ccccc1SCc1ccccc1. The summed E-state index contributed by atoms with van der Waals surface area (Å²) < 4.78 is 0. The lowest BCUT2D eigenvalue weighted by Crippen LogP contribution is -2.33. The molecule has 1 atom stereocenters. The van der Waals surface area contributed by atoms with Gasteiger partial charge in [-0.1, -0.05) is 72.8 Å². The number of aryl methyl sites for hydroxylation is 1. The summed E-state index contributed by atoms with van der Waals surface area (Å²) in [6.07, 6.45) is 1.89. The normalized spacial score (nSPS) is 11.7. The van der Waals surface area contributed by atoms with Gasteiger partial charge in [0.1, 0.15) is 0 Å². The Labute approximate surface area is 166 Å². The second-order valence-electron chi connectivity index (χ2n) is 6.67. The van der Waals surface area contributed by atoms with Gasteiger partial charge in [-0.05, 0) is 43.0 Å². The van der Waals surface area contributed by atoms with Crippen LogP contribution in [0.4, 0.5) is 0 Å². The minimum Gasteiger partial charge on any atom is -0.350 e. The molecule has 0 aliphatic carbocycles. The fraction of sp³-hybridized carbons (Fsp3) is 0.208. The average molecular weight is 376 g/mol. The number of hydrogen-bond donors (Lipinski definition) is 1. The zero-order valence-electron chi connectivity index (χ0n) is 15.6. The van der Waals surface area contributed by atoms with E-state index in [0.717, 1.165) is 29.1 Å². The molecule has 3 rings (SSSR count). The average Bonchev–Trinajstić information content (AvgIpc) is 2.72. The lowest BCUT2D eigenvalue weighted by atomic mass is 10.1. The van der Waals surface area contributed by atoms with Gasteiger partial charge in [0.2, 0.25) is 0 Å². The predicted octanol–water partition coefficient (Wildman–Crippen LogP) is 5.73. The first kappa shape index (κ1) is 19.2. The number of carbonyl (C=O) groups excluding carboxylic acids is 1. The zero-order chi connectivity index (χ0) is 18.9. The molecule has 0 radical (unpaired) electrons. The Morgan fingerprint density at radius 2 is 1.44 bits per heavy atom. The van der Waals surface area contributed by atoms with Crippen LogP contribution < -0.4 is 5.32 Å². The number of carbonyl (C=O) groups is 1. The summed E-state index contributed by atoms with van der Waals surface area (Å²) in [5.41, 5.74) is 3.32. The van der Waals surface area contributed by atoms with Gasteiger partial charge in [-0.15, -0.1) is 11.8 Å². The summed E-state index contributed by atoms with van der Waals surface area (Å²) in [4.78, 5) is 13.8. The number of amides is 1. The molecule has 0 aliphatic heterocycles. The Kier molecular flexibility index (Phi) is 7.11. The Morgan fingerprint density at radius 1 is 0.852 bits per heavy atom. The number of hydrogen-bond acceptors (Lipinski definition) is 2. The number of nitrogens with one attached hydrogen (secondary N) is 1. The molecule has 0 bridgehead atoms. The molecule has 0 heterocycles. The van der Waals surface area contributed by atoms with Crippen LogP contribution in [0, 0.1) is 0 Å². The summed E-state index contributed by atoms with van der Waals surface area (Å²) in [7, 11) is 0. The predicted molar refractivity (Wildman–Crippen MR) is 114 cm³/mol. The van der Waals surface area contributed by atoms with E-state index in [1.165, 1.54) is 11.1 Å². The minimum atomic E-state index is 0.00623. The van der Waals surface area contributed by atoms with E-state index < -0.39 is 0 Å². The quantitative estimate of drug-likeness (QED) is 0.509. The van der Waals surface area contributed by atoms with Crippen molar-refractivity contribution < 1.29 is 4.79 Å². The second-order valence-corrected chi connectivity index (χ2v) is 7.69. The van der Waals surface area contributed by atoms with Crippen LogP contribution in [0.2, 0.25) is 0 Å². The number of thioether (sulfide) groups is 1. The third-order valence-corrected chi connectivity index (χ3v) is 5.60. The van der Waals surface area contributed by atoms with E-state index in [2.05, 4.69) is 48.6 Å². The molecule has 1 N–H and O–H groups in total. The fourth-order valence-corrected chi connectivity index (χ4v) is 3.92. The van der Waals surface area contributed by atoms with Crippen molar-refractivity contribution >= 4 is 17.7 Å². The largest absolute Gasteiger partial charge is 0.350 e. The van der Waals surface area contributed by atoms with Crippen LogP contribution in [0.1, 0.15) is 34.8 Å². The van der Waals surface area contributed by atoms with E-state index >= 15 is 0 Å². The molecule has 3 aromatic carbocycles. The van der Waals surface area contributed by atoms with E-state index in [4.69, 9.17) is 0 Å². The van der Waals surface area contributed by atoms with Gasteiger partial charge in [-0.3, -0.25) is 4.79 Å². The molecule has 0 aliphatic rings. The highest BCUT2D eigenvalue weighted by Gasteiger charge is 2.14. The second kappa shape index (κ2) is 9.98. The standard InChI is InChI=1S/C24H25NOS/c1-19(16-17-20-10-4-2-5-11-20)25-24(26)22-14-8-9-15-23(22)27-18-21-12-6-3-7-13-21/h2-15,19H,16-18H2,1H3,(H,25,26)/t19-/m1/s1. The van der Waals surface area contributed by atoms with Gasteiger partial charge in [0, 0.05) is 16.7 Å². The molecule has 3 aromatic rings. The first-order chi connectivity index (χ1) is 13.2. The molecule has 0 saturated heterocycles. The summed E-state index contributed by atoms with van der Waals surface area (Å²) in [6.45, 7) is 2.07. The van der Waals surface area contributed by atoms with E-state index in [1.54, 1.807) is 11.8 Å². The summed E-state index contributed by atoms with van der Waals surface area (Å²) in [5, 5.41) is 3.15. The van der Waals surface area contributed by atoms with Crippen molar-refractivity contribution in [2.45, 2.75) is 36.5 Å². The van der Waals surface area contributed by atoms with Crippen molar-refractivity contribution in [2.75, 3.05) is 0 Å². The zero-order valence-corrected chi connectivity index (χ0v) is 16.4. The molecule has 2 nitrogen and oxygen atoms in total. The van der Waals surface area contributed by atoms with Crippen molar-refractivity contribution in [3.63, 3.8) is 0 Å². The van der Waals surface area contributed by atoms with Crippen LogP contribution in [0.3, 0.4) is 0 Å². The molecule has 0 saturated carbocycles. The minimum absolute atomic E-state index is 0.00623. The van der Waals surface area contributed by atoms with Gasteiger partial charge < -0.3 is 5.32 Å². The smallest absolute Gasteiger partial charge is 0.252 e. The maximum absolute atomic E-state index is 12.8. The molecule has 138 valence electrons. The Balaban J connectivity index is 1.57. The van der Waals surface area contributed by atoms with Crippen LogP contribution >= 0.6 is 11.8 Å². The molecule has 1 amide bonds. The first-order valence-electron chi connectivity index (χ1n) is 9.33. The van der Waals surface area contributed by atoms with Gasteiger partial charge in [-0.25, -0.2) is 0 Å². The lowest BCUT2D eigenvalue weighted by Gasteiger charge is -2.15. The lowest BCUT2D eigenvalue weighted by molar-refractivity contribution is 0.0935. The van der Waals surface area contributed by atoms with Gasteiger partial charge in [0.25, 0.3) is 5.91 Å². The highest BCUT2D eigenvalue weighted by molar-refractivity contribution is 7.98. The molecule has 27 heavy (non-hydrogen) atoms. The highest BCUT2D eigenvalue weighted by atomic mass is 32.2. The Morgan fingerprint density at radius 3 is 2.15 bits per heavy atom. The van der Waals surface area contributed by atoms with Crippen molar-refractivity contribution in [2.24, 2.45) is 0 Å². The van der Waals surface area contributed by atoms with E-state index in [0.29, 0.717) is 0 Å². The van der Waals surface area contributed by atoms with Crippen molar-refractivity contribution in [1.29, 1.82) is 0 Å². The summed E-state index contributed by atoms with van der Waals surface area (Å²) in [6, 6.07) is 28.7. The Bertz CT molecular complexity index is 849. The van der Waals surface area contributed by atoms with E-state index in [-0.39, 0.29) is 11.9 Å². The van der Waals surface area contributed by atoms with Gasteiger partial charge in [0.15, 0.2) is 0 Å². The fourth-order valence-electron chi connectivity index (χ4n) is 2.92.